The first-order valence-electron chi connectivity index (χ1n) is 5.30. The van der Waals surface area contributed by atoms with E-state index >= 15 is 0 Å². The molecule has 1 aliphatic heterocycles. The highest BCUT2D eigenvalue weighted by atomic mass is 19.1. The van der Waals surface area contributed by atoms with E-state index in [0.717, 1.165) is 18.2 Å². The van der Waals surface area contributed by atoms with Crippen LogP contribution in [0, 0.1) is 11.6 Å². The molecule has 1 aromatic rings. The number of oxime groups is 1. The third-order valence-electron chi connectivity index (χ3n) is 2.88. The van der Waals surface area contributed by atoms with Crippen LogP contribution in [-0.2, 0) is 9.63 Å². The maximum Gasteiger partial charge on any atom is 0.307 e. The van der Waals surface area contributed by atoms with Crippen molar-refractivity contribution in [2.24, 2.45) is 5.16 Å². The summed E-state index contributed by atoms with van der Waals surface area (Å²) in [5.41, 5.74) is -0.830. The maximum absolute atomic E-state index is 13.2. The highest BCUT2D eigenvalue weighted by Crippen LogP contribution is 2.37. The molecule has 1 aromatic carbocycles. The van der Waals surface area contributed by atoms with Crippen LogP contribution in [0.4, 0.5) is 8.78 Å². The summed E-state index contributed by atoms with van der Waals surface area (Å²) in [6, 6.07) is 3.05. The van der Waals surface area contributed by atoms with Gasteiger partial charge in [0.25, 0.3) is 0 Å². The molecule has 0 bridgehead atoms. The van der Waals surface area contributed by atoms with Gasteiger partial charge in [0.15, 0.2) is 5.60 Å². The van der Waals surface area contributed by atoms with Gasteiger partial charge in [-0.2, -0.15) is 0 Å². The average Bonchev–Trinajstić information content (AvgIpc) is 2.56. The van der Waals surface area contributed by atoms with Crippen LogP contribution < -0.4 is 0 Å². The largest absolute Gasteiger partial charge is 0.481 e. The summed E-state index contributed by atoms with van der Waals surface area (Å²) in [7, 11) is 0. The van der Waals surface area contributed by atoms with E-state index in [1.807, 2.05) is 0 Å². The Morgan fingerprint density at radius 2 is 2.06 bits per heavy atom. The van der Waals surface area contributed by atoms with Gasteiger partial charge in [0, 0.05) is 6.07 Å². The van der Waals surface area contributed by atoms with Crippen LogP contribution in [0.2, 0.25) is 0 Å². The van der Waals surface area contributed by atoms with E-state index in [4.69, 9.17) is 9.94 Å². The van der Waals surface area contributed by atoms with Crippen molar-refractivity contribution >= 4 is 12.2 Å². The fourth-order valence-corrected chi connectivity index (χ4v) is 2.06. The van der Waals surface area contributed by atoms with Gasteiger partial charge in [-0.15, -0.1) is 0 Å². The zero-order valence-electron chi connectivity index (χ0n) is 9.56. The van der Waals surface area contributed by atoms with Crippen molar-refractivity contribution < 1.29 is 23.5 Å². The van der Waals surface area contributed by atoms with Crippen LogP contribution in [0.3, 0.4) is 0 Å². The molecule has 2 unspecified atom stereocenters. The van der Waals surface area contributed by atoms with Gasteiger partial charge >= 0.3 is 5.97 Å². The predicted molar refractivity (Wildman–Crippen MR) is 59.3 cm³/mol. The second kappa shape index (κ2) is 4.36. The SMILES string of the molecule is CC1(CC(=O)O)ON=CC1c1cc(F)cc(F)c1. The summed E-state index contributed by atoms with van der Waals surface area (Å²) >= 11 is 0. The van der Waals surface area contributed by atoms with E-state index in [1.54, 1.807) is 6.92 Å². The van der Waals surface area contributed by atoms with Gasteiger partial charge in [-0.1, -0.05) is 5.16 Å². The van der Waals surface area contributed by atoms with Gasteiger partial charge in [-0.25, -0.2) is 8.78 Å². The molecule has 1 heterocycles. The number of hydrogen-bond donors (Lipinski definition) is 1. The predicted octanol–water partition coefficient (Wildman–Crippen LogP) is 2.30. The van der Waals surface area contributed by atoms with E-state index < -0.39 is 29.1 Å². The van der Waals surface area contributed by atoms with Crippen LogP contribution >= 0.6 is 0 Å². The Hall–Kier alpha value is -1.98. The van der Waals surface area contributed by atoms with Crippen LogP contribution in [-0.4, -0.2) is 22.9 Å². The van der Waals surface area contributed by atoms with Crippen molar-refractivity contribution in [2.45, 2.75) is 24.9 Å². The number of aliphatic carboxylic acids is 1. The zero-order valence-corrected chi connectivity index (χ0v) is 9.56. The molecule has 0 saturated carbocycles. The fraction of sp³-hybridized carbons (Fsp3) is 0.333. The Kier molecular flexibility index (Phi) is 3.02. The van der Waals surface area contributed by atoms with Crippen molar-refractivity contribution in [1.82, 2.24) is 0 Å². The minimum absolute atomic E-state index is 0.303. The van der Waals surface area contributed by atoms with Gasteiger partial charge in [0.2, 0.25) is 0 Å². The molecule has 0 fully saturated rings. The Bertz CT molecular complexity index is 498. The molecule has 0 aromatic heterocycles. The number of nitrogens with zero attached hydrogens (tertiary/aromatic N) is 1. The number of hydrogen-bond acceptors (Lipinski definition) is 3. The van der Waals surface area contributed by atoms with Gasteiger partial charge in [0.05, 0.1) is 18.6 Å². The second-order valence-corrected chi connectivity index (χ2v) is 4.41. The van der Waals surface area contributed by atoms with Crippen LogP contribution in [0.15, 0.2) is 23.4 Å². The molecule has 96 valence electrons. The van der Waals surface area contributed by atoms with Crippen LogP contribution in [0.25, 0.3) is 0 Å². The summed E-state index contributed by atoms with van der Waals surface area (Å²) in [4.78, 5) is 15.8. The summed E-state index contributed by atoms with van der Waals surface area (Å²) in [5, 5.41) is 12.4. The fourth-order valence-electron chi connectivity index (χ4n) is 2.06. The Balaban J connectivity index is 2.36. The number of benzene rings is 1. The highest BCUT2D eigenvalue weighted by molar-refractivity contribution is 5.75. The monoisotopic (exact) mass is 255 g/mol. The van der Waals surface area contributed by atoms with E-state index in [1.165, 1.54) is 6.21 Å². The van der Waals surface area contributed by atoms with E-state index in [2.05, 4.69) is 5.16 Å². The molecule has 1 N–H and O–H groups in total. The summed E-state index contributed by atoms with van der Waals surface area (Å²) in [6.45, 7) is 1.54. The number of rotatable bonds is 3. The first-order chi connectivity index (χ1) is 8.40. The van der Waals surface area contributed by atoms with Crippen LogP contribution in [0.1, 0.15) is 24.8 Å². The average molecular weight is 255 g/mol. The Morgan fingerprint density at radius 3 is 2.61 bits per heavy atom. The smallest absolute Gasteiger partial charge is 0.307 e. The lowest BCUT2D eigenvalue weighted by molar-refractivity contribution is -0.144. The molecule has 1 aliphatic rings. The summed E-state index contributed by atoms with van der Waals surface area (Å²) in [6.07, 6.45) is 1.05. The third-order valence-corrected chi connectivity index (χ3v) is 2.88. The molecule has 0 spiro atoms. The second-order valence-electron chi connectivity index (χ2n) is 4.41. The summed E-state index contributed by atoms with van der Waals surface area (Å²) < 4.78 is 26.3. The quantitative estimate of drug-likeness (QED) is 0.901. The molecule has 0 aliphatic carbocycles. The normalized spacial score (nSPS) is 26.1. The highest BCUT2D eigenvalue weighted by Gasteiger charge is 2.43. The van der Waals surface area contributed by atoms with Crippen LogP contribution in [0.5, 0.6) is 0 Å². The molecule has 2 rings (SSSR count). The standard InChI is InChI=1S/C12H11F2NO3/c1-12(5-11(16)17)10(6-15-18-12)7-2-8(13)4-9(14)3-7/h2-4,6,10H,5H2,1H3,(H,16,17). The molecular weight excluding hydrogens is 244 g/mol. The molecule has 18 heavy (non-hydrogen) atoms. The lowest BCUT2D eigenvalue weighted by atomic mass is 9.82. The molecule has 0 radical (unpaired) electrons. The van der Waals surface area contributed by atoms with Crippen molar-refractivity contribution in [3.63, 3.8) is 0 Å². The molecular formula is C12H11F2NO3. The number of carboxylic acids is 1. The van der Waals surface area contributed by atoms with E-state index in [-0.39, 0.29) is 6.42 Å². The Morgan fingerprint density at radius 1 is 1.44 bits per heavy atom. The summed E-state index contributed by atoms with van der Waals surface area (Å²) in [5.74, 6) is -3.10. The first kappa shape index (κ1) is 12.5. The minimum atomic E-state index is -1.13. The van der Waals surface area contributed by atoms with Gasteiger partial charge in [0.1, 0.15) is 11.6 Å². The van der Waals surface area contributed by atoms with Crippen molar-refractivity contribution in [1.29, 1.82) is 0 Å². The molecule has 0 saturated heterocycles. The number of carboxylic acid groups (broad SMARTS) is 1. The Labute approximate surface area is 102 Å². The maximum atomic E-state index is 13.2. The van der Waals surface area contributed by atoms with Crippen molar-refractivity contribution in [3.8, 4) is 0 Å². The molecule has 2 atom stereocenters. The van der Waals surface area contributed by atoms with E-state index in [0.29, 0.717) is 5.56 Å². The number of carbonyl (C=O) groups is 1. The van der Waals surface area contributed by atoms with Gasteiger partial charge < -0.3 is 9.94 Å². The minimum Gasteiger partial charge on any atom is -0.481 e. The zero-order chi connectivity index (χ0) is 13.3. The van der Waals surface area contributed by atoms with Crippen molar-refractivity contribution in [2.75, 3.05) is 0 Å². The third kappa shape index (κ3) is 2.32. The number of halogens is 2. The van der Waals surface area contributed by atoms with E-state index in [9.17, 15) is 13.6 Å². The topological polar surface area (TPSA) is 58.9 Å². The van der Waals surface area contributed by atoms with Gasteiger partial charge in [-0.3, -0.25) is 4.79 Å². The van der Waals surface area contributed by atoms with Gasteiger partial charge in [-0.05, 0) is 24.6 Å². The molecule has 4 nitrogen and oxygen atoms in total. The lowest BCUT2D eigenvalue weighted by Gasteiger charge is -2.26. The molecule has 0 amide bonds. The molecule has 6 heteroatoms. The lowest BCUT2D eigenvalue weighted by Crippen LogP contribution is -2.34. The van der Waals surface area contributed by atoms with Crippen molar-refractivity contribution in [3.05, 3.63) is 35.4 Å². The first-order valence-corrected chi connectivity index (χ1v) is 5.30.